The molecule has 4 aromatic rings. The summed E-state index contributed by atoms with van der Waals surface area (Å²) in [7, 11) is 0. The van der Waals surface area contributed by atoms with Crippen molar-refractivity contribution in [1.29, 1.82) is 0 Å². The lowest BCUT2D eigenvalue weighted by Crippen LogP contribution is -2.19. The second-order valence-corrected chi connectivity index (χ2v) is 9.81. The van der Waals surface area contributed by atoms with E-state index >= 15 is 0 Å². The zero-order valence-electron chi connectivity index (χ0n) is 18.6. The van der Waals surface area contributed by atoms with Gasteiger partial charge in [-0.25, -0.2) is 9.79 Å². The second kappa shape index (κ2) is 9.90. The van der Waals surface area contributed by atoms with E-state index in [0.29, 0.717) is 25.9 Å². The van der Waals surface area contributed by atoms with Crippen LogP contribution in [-0.4, -0.2) is 17.0 Å². The monoisotopic (exact) mass is 542 g/mol. The van der Waals surface area contributed by atoms with Crippen LogP contribution in [0.4, 0.5) is 5.69 Å². The smallest absolute Gasteiger partial charge is 0.344 e. The van der Waals surface area contributed by atoms with Gasteiger partial charge < -0.3 is 10.1 Å². The maximum Gasteiger partial charge on any atom is 0.344 e. The molecule has 0 radical (unpaired) electrons. The average Bonchev–Trinajstić information content (AvgIpc) is 3.20. The molecule has 0 aromatic heterocycles. The Morgan fingerprint density at radius 3 is 2.57 bits per heavy atom. The van der Waals surface area contributed by atoms with Crippen LogP contribution in [0.5, 0.6) is 5.75 Å². The third-order valence-corrected chi connectivity index (χ3v) is 6.91. The first-order valence-corrected chi connectivity index (χ1v) is 12.4. The number of amidine groups is 1. The maximum atomic E-state index is 12.9. The number of hydrogen-bond donors (Lipinski definition) is 1. The van der Waals surface area contributed by atoms with Crippen LogP contribution in [0.15, 0.2) is 99.3 Å². The molecule has 1 saturated heterocycles. The number of hydrogen-bond acceptors (Lipinski definition) is 5. The summed E-state index contributed by atoms with van der Waals surface area (Å²) in [6.45, 7) is 2.01. The third kappa shape index (κ3) is 5.21. The Bertz CT molecular complexity index is 1520. The Hall–Kier alpha value is -3.68. The number of fused-ring (bicyclic) bond motifs is 1. The van der Waals surface area contributed by atoms with Crippen molar-refractivity contribution in [2.24, 2.45) is 4.99 Å². The third-order valence-electron chi connectivity index (χ3n) is 5.38. The Morgan fingerprint density at radius 1 is 1.00 bits per heavy atom. The quantitative estimate of drug-likeness (QED) is 0.171. The molecule has 0 aliphatic carbocycles. The lowest BCUT2D eigenvalue weighted by atomic mass is 10.0. The van der Waals surface area contributed by atoms with Crippen LogP contribution < -0.4 is 10.1 Å². The summed E-state index contributed by atoms with van der Waals surface area (Å²) in [5.41, 5.74) is 3.21. The van der Waals surface area contributed by atoms with Gasteiger partial charge in [0.1, 0.15) is 5.75 Å². The molecule has 1 aliphatic rings. The highest BCUT2D eigenvalue weighted by atomic mass is 79.9. The molecule has 35 heavy (non-hydrogen) atoms. The number of esters is 1. The van der Waals surface area contributed by atoms with Crippen LogP contribution in [0, 0.1) is 6.92 Å². The number of carbonyl (C=O) groups excluding carboxylic acids is 2. The standard InChI is InChI=1S/C28H19BrN2O3S/c1-17-9-12-20(13-10-17)30-28-31-26(32)25(35-28)16-18-11-14-24(23(29)15-18)34-27(33)22-8-4-6-19-5-2-3-7-21(19)22/h2-16H,1H3,(H,30,31,32)/b25-16-. The minimum absolute atomic E-state index is 0.205. The number of nitrogens with zero attached hydrogens (tertiary/aromatic N) is 1. The Labute approximate surface area is 215 Å². The Morgan fingerprint density at radius 2 is 1.77 bits per heavy atom. The van der Waals surface area contributed by atoms with Crippen molar-refractivity contribution in [1.82, 2.24) is 5.32 Å². The summed E-state index contributed by atoms with van der Waals surface area (Å²) >= 11 is 4.77. The number of amides is 1. The summed E-state index contributed by atoms with van der Waals surface area (Å²) in [5.74, 6) is -0.241. The number of thioether (sulfide) groups is 1. The van der Waals surface area contributed by atoms with Gasteiger partial charge in [0.05, 0.1) is 20.6 Å². The van der Waals surface area contributed by atoms with E-state index in [4.69, 9.17) is 4.74 Å². The van der Waals surface area contributed by atoms with E-state index in [1.165, 1.54) is 11.8 Å². The number of rotatable bonds is 4. The molecule has 172 valence electrons. The van der Waals surface area contributed by atoms with Gasteiger partial charge in [0.25, 0.3) is 5.91 Å². The number of nitrogens with one attached hydrogen (secondary N) is 1. The van der Waals surface area contributed by atoms with E-state index in [9.17, 15) is 9.59 Å². The molecule has 7 heteroatoms. The Kier molecular flexibility index (Phi) is 6.53. The minimum atomic E-state index is -0.434. The lowest BCUT2D eigenvalue weighted by Gasteiger charge is -2.09. The van der Waals surface area contributed by atoms with E-state index in [0.717, 1.165) is 27.6 Å². The molecule has 0 atom stereocenters. The van der Waals surface area contributed by atoms with Crippen molar-refractivity contribution in [2.75, 3.05) is 0 Å². The molecule has 1 fully saturated rings. The highest BCUT2D eigenvalue weighted by Crippen LogP contribution is 2.32. The zero-order valence-corrected chi connectivity index (χ0v) is 21.0. The molecule has 0 saturated carbocycles. The molecule has 1 amide bonds. The van der Waals surface area contributed by atoms with Gasteiger partial charge in [-0.2, -0.15) is 0 Å². The molecule has 1 heterocycles. The normalized spacial score (nSPS) is 15.5. The molecule has 4 aromatic carbocycles. The summed E-state index contributed by atoms with van der Waals surface area (Å²) in [5, 5.41) is 5.14. The van der Waals surface area contributed by atoms with Crippen LogP contribution in [0.25, 0.3) is 16.8 Å². The van der Waals surface area contributed by atoms with E-state index in [1.54, 1.807) is 24.3 Å². The van der Waals surface area contributed by atoms with Crippen LogP contribution in [0.3, 0.4) is 0 Å². The van der Waals surface area contributed by atoms with Gasteiger partial charge in [0, 0.05) is 0 Å². The molecule has 5 rings (SSSR count). The maximum absolute atomic E-state index is 12.9. The van der Waals surface area contributed by atoms with Crippen molar-refractivity contribution in [3.05, 3.63) is 111 Å². The SMILES string of the molecule is Cc1ccc(N=C2NC(=O)/C(=C/c3ccc(OC(=O)c4cccc5ccccc45)c(Br)c3)S2)cc1. The van der Waals surface area contributed by atoms with Crippen LogP contribution >= 0.6 is 27.7 Å². The van der Waals surface area contributed by atoms with Crippen LogP contribution in [-0.2, 0) is 4.79 Å². The summed E-state index contributed by atoms with van der Waals surface area (Å²) < 4.78 is 6.28. The van der Waals surface area contributed by atoms with Gasteiger partial charge in [-0.15, -0.1) is 0 Å². The molecule has 5 nitrogen and oxygen atoms in total. The first kappa shape index (κ1) is 23.1. The first-order valence-electron chi connectivity index (χ1n) is 10.8. The lowest BCUT2D eigenvalue weighted by molar-refractivity contribution is -0.115. The summed E-state index contributed by atoms with van der Waals surface area (Å²) in [6.07, 6.45) is 1.78. The van der Waals surface area contributed by atoms with E-state index in [1.807, 2.05) is 73.7 Å². The molecule has 0 unspecified atom stereocenters. The number of benzene rings is 4. The highest BCUT2D eigenvalue weighted by molar-refractivity contribution is 9.10. The van der Waals surface area contributed by atoms with Crippen molar-refractivity contribution in [3.63, 3.8) is 0 Å². The number of aryl methyl sites for hydroxylation is 1. The fourth-order valence-electron chi connectivity index (χ4n) is 3.62. The number of halogens is 1. The zero-order chi connectivity index (χ0) is 24.4. The van der Waals surface area contributed by atoms with Gasteiger partial charge in [-0.3, -0.25) is 4.79 Å². The molecule has 0 bridgehead atoms. The number of carbonyl (C=O) groups is 2. The van der Waals surface area contributed by atoms with Gasteiger partial charge in [-0.05, 0) is 87.4 Å². The number of ether oxygens (including phenoxy) is 1. The van der Waals surface area contributed by atoms with Crippen LogP contribution in [0.1, 0.15) is 21.5 Å². The van der Waals surface area contributed by atoms with Crippen molar-refractivity contribution in [2.45, 2.75) is 6.92 Å². The van der Waals surface area contributed by atoms with Gasteiger partial charge in [0.15, 0.2) is 5.17 Å². The molecular formula is C28H19BrN2O3S. The van der Waals surface area contributed by atoms with Crippen molar-refractivity contribution < 1.29 is 14.3 Å². The molecular weight excluding hydrogens is 524 g/mol. The van der Waals surface area contributed by atoms with Gasteiger partial charge in [-0.1, -0.05) is 60.2 Å². The summed E-state index contributed by atoms with van der Waals surface area (Å²) in [6, 6.07) is 26.3. The Balaban J connectivity index is 1.33. The fourth-order valence-corrected chi connectivity index (χ4v) is 4.94. The van der Waals surface area contributed by atoms with Crippen molar-refractivity contribution >= 4 is 67.3 Å². The number of aliphatic imine (C=N–C) groups is 1. The van der Waals surface area contributed by atoms with Crippen molar-refractivity contribution in [3.8, 4) is 5.75 Å². The molecule has 1 N–H and O–H groups in total. The predicted octanol–water partition coefficient (Wildman–Crippen LogP) is 7.02. The largest absolute Gasteiger partial charge is 0.422 e. The van der Waals surface area contributed by atoms with E-state index in [2.05, 4.69) is 26.2 Å². The first-order chi connectivity index (χ1) is 17.0. The average molecular weight is 543 g/mol. The van der Waals surface area contributed by atoms with E-state index < -0.39 is 5.97 Å². The van der Waals surface area contributed by atoms with Gasteiger partial charge >= 0.3 is 5.97 Å². The minimum Gasteiger partial charge on any atom is -0.422 e. The van der Waals surface area contributed by atoms with Gasteiger partial charge in [0.2, 0.25) is 0 Å². The highest BCUT2D eigenvalue weighted by Gasteiger charge is 2.24. The predicted molar refractivity (Wildman–Crippen MR) is 145 cm³/mol. The molecule has 0 spiro atoms. The topological polar surface area (TPSA) is 67.8 Å². The summed E-state index contributed by atoms with van der Waals surface area (Å²) in [4.78, 5) is 30.3. The van der Waals surface area contributed by atoms with Crippen LogP contribution in [0.2, 0.25) is 0 Å². The van der Waals surface area contributed by atoms with E-state index in [-0.39, 0.29) is 5.91 Å². The second-order valence-electron chi connectivity index (χ2n) is 7.92. The fraction of sp³-hybridized carbons (Fsp3) is 0.0357. The molecule has 1 aliphatic heterocycles.